The second kappa shape index (κ2) is 8.42. The molecule has 0 atom stereocenters. The van der Waals surface area contributed by atoms with E-state index in [0.29, 0.717) is 0 Å². The van der Waals surface area contributed by atoms with E-state index in [9.17, 15) is 0 Å². The topological polar surface area (TPSA) is 18.5 Å². The van der Waals surface area contributed by atoms with Crippen molar-refractivity contribution >= 4 is 0 Å². The van der Waals surface area contributed by atoms with Crippen LogP contribution >= 0.6 is 0 Å². The van der Waals surface area contributed by atoms with Gasteiger partial charge in [-0.05, 0) is 0 Å². The molecule has 0 radical (unpaired) electrons. The molecule has 0 heterocycles. The number of hydrogen-bond donors (Lipinski definition) is 0. The molecule has 2 nitrogen and oxygen atoms in total. The van der Waals surface area contributed by atoms with E-state index >= 15 is 0 Å². The van der Waals surface area contributed by atoms with Crippen LogP contribution in [0.2, 0.25) is 0 Å². The molecule has 0 saturated carbocycles. The van der Waals surface area contributed by atoms with E-state index < -0.39 is 0 Å². The number of aryl methyl sites for hydroxylation is 2. The molecule has 22 heavy (non-hydrogen) atoms. The second-order valence-electron chi connectivity index (χ2n) is 5.33. The summed E-state index contributed by atoms with van der Waals surface area (Å²) >= 11 is -0.173. The molecule has 0 N–H and O–H groups in total. The van der Waals surface area contributed by atoms with Crippen LogP contribution in [0, 0.1) is 21.0 Å². The van der Waals surface area contributed by atoms with Crippen LogP contribution in [-0.4, -0.2) is 13.7 Å². The van der Waals surface area contributed by atoms with Crippen LogP contribution in [0.25, 0.3) is 0 Å². The van der Waals surface area contributed by atoms with Gasteiger partial charge >= 0.3 is 144 Å². The zero-order chi connectivity index (χ0) is 15.9. The summed E-state index contributed by atoms with van der Waals surface area (Å²) in [5.41, 5.74) is 2.65. The number of methoxy groups -OCH3 is 1. The molecule has 0 aliphatic heterocycles. The first kappa shape index (κ1) is 17.1. The van der Waals surface area contributed by atoms with Crippen LogP contribution < -0.4 is 30.7 Å². The van der Waals surface area contributed by atoms with Crippen LogP contribution in [-0.2, 0) is 0 Å². The van der Waals surface area contributed by atoms with E-state index in [1.807, 2.05) is 0 Å². The standard InChI is InChI=1S/C19H24IO2/c1-5-6-11-22-17-9-7-16(8-10-17)20-19-14(2)12-18(21-4)13-15(19)3/h7-10,12-13H,5-6,11H2,1-4H3/q-1. The summed E-state index contributed by atoms with van der Waals surface area (Å²) in [6, 6.07) is 12.9. The fraction of sp³-hybridized carbons (Fsp3) is 0.368. The summed E-state index contributed by atoms with van der Waals surface area (Å²) in [4.78, 5) is 0. The minimum atomic E-state index is -0.173. The van der Waals surface area contributed by atoms with Crippen molar-refractivity contribution in [1.82, 2.24) is 0 Å². The molecule has 0 fully saturated rings. The Kier molecular flexibility index (Phi) is 6.55. The van der Waals surface area contributed by atoms with Crippen LogP contribution in [0.5, 0.6) is 11.5 Å². The first-order chi connectivity index (χ1) is 10.6. The van der Waals surface area contributed by atoms with Crippen LogP contribution in [0.15, 0.2) is 36.4 Å². The predicted molar refractivity (Wildman–Crippen MR) is 86.7 cm³/mol. The van der Waals surface area contributed by atoms with Gasteiger partial charge in [0, 0.05) is 0 Å². The Labute approximate surface area is 144 Å². The van der Waals surface area contributed by atoms with Gasteiger partial charge in [-0.15, -0.1) is 0 Å². The van der Waals surface area contributed by atoms with Gasteiger partial charge in [0.1, 0.15) is 0 Å². The van der Waals surface area contributed by atoms with Gasteiger partial charge in [-0.3, -0.25) is 0 Å². The average molecular weight is 411 g/mol. The van der Waals surface area contributed by atoms with Crippen molar-refractivity contribution in [3.05, 3.63) is 54.7 Å². The molecule has 0 unspecified atom stereocenters. The van der Waals surface area contributed by atoms with Gasteiger partial charge in [0.2, 0.25) is 0 Å². The maximum absolute atomic E-state index is 5.73. The molecule has 2 rings (SSSR count). The SMILES string of the molecule is CCCCOc1ccc([I-]c2c(C)cc(OC)cc2C)cc1. The van der Waals surface area contributed by atoms with Crippen molar-refractivity contribution in [2.24, 2.45) is 0 Å². The van der Waals surface area contributed by atoms with Gasteiger partial charge in [-0.2, -0.15) is 0 Å². The normalized spacial score (nSPS) is 10.7. The van der Waals surface area contributed by atoms with E-state index in [1.54, 1.807) is 7.11 Å². The summed E-state index contributed by atoms with van der Waals surface area (Å²) < 4.78 is 14.0. The Morgan fingerprint density at radius 1 is 0.955 bits per heavy atom. The summed E-state index contributed by atoms with van der Waals surface area (Å²) in [7, 11) is 1.72. The van der Waals surface area contributed by atoms with Gasteiger partial charge < -0.3 is 0 Å². The number of hydrogen-bond acceptors (Lipinski definition) is 2. The maximum atomic E-state index is 5.73. The molecule has 0 bridgehead atoms. The van der Waals surface area contributed by atoms with Crippen molar-refractivity contribution in [3.8, 4) is 11.5 Å². The predicted octanol–water partition coefficient (Wildman–Crippen LogP) is 1.62. The molecule has 0 aliphatic rings. The van der Waals surface area contributed by atoms with E-state index in [2.05, 4.69) is 57.2 Å². The number of rotatable bonds is 7. The molecule has 0 saturated heterocycles. The second-order valence-corrected chi connectivity index (χ2v) is 8.19. The van der Waals surface area contributed by atoms with Crippen molar-refractivity contribution in [1.29, 1.82) is 0 Å². The number of halogens is 1. The Balaban J connectivity index is 2.08. The third kappa shape index (κ3) is 4.63. The average Bonchev–Trinajstić information content (AvgIpc) is 2.52. The molecule has 3 heteroatoms. The monoisotopic (exact) mass is 411 g/mol. The Hall–Kier alpha value is -1.23. The number of unbranched alkanes of at least 4 members (excludes halogenated alkanes) is 1. The van der Waals surface area contributed by atoms with E-state index in [4.69, 9.17) is 9.47 Å². The molecule has 0 amide bonds. The Morgan fingerprint density at radius 3 is 2.14 bits per heavy atom. The molecule has 0 aromatic heterocycles. The van der Waals surface area contributed by atoms with E-state index in [1.165, 1.54) is 24.7 Å². The molecular formula is C19H24IO2-. The van der Waals surface area contributed by atoms with E-state index in [-0.39, 0.29) is 21.2 Å². The summed E-state index contributed by atoms with van der Waals surface area (Å²) in [6.45, 7) is 7.33. The zero-order valence-corrected chi connectivity index (χ0v) is 15.9. The third-order valence-corrected chi connectivity index (χ3v) is 7.01. The van der Waals surface area contributed by atoms with Crippen molar-refractivity contribution in [2.45, 2.75) is 33.6 Å². The van der Waals surface area contributed by atoms with Gasteiger partial charge in [-0.1, -0.05) is 0 Å². The van der Waals surface area contributed by atoms with Gasteiger partial charge in [0.25, 0.3) is 0 Å². The first-order valence-electron chi connectivity index (χ1n) is 7.67. The number of benzene rings is 2. The molecular weight excluding hydrogens is 387 g/mol. The number of ether oxygens (including phenoxy) is 2. The molecule has 2 aromatic rings. The first-order valence-corrected chi connectivity index (χ1v) is 9.82. The fourth-order valence-corrected chi connectivity index (χ4v) is 4.71. The van der Waals surface area contributed by atoms with Gasteiger partial charge in [0.15, 0.2) is 0 Å². The van der Waals surface area contributed by atoms with Gasteiger partial charge in [0.05, 0.1) is 0 Å². The van der Waals surface area contributed by atoms with Gasteiger partial charge in [-0.25, -0.2) is 0 Å². The summed E-state index contributed by atoms with van der Waals surface area (Å²) in [6.07, 6.45) is 2.28. The molecule has 120 valence electrons. The fourth-order valence-electron chi connectivity index (χ4n) is 2.21. The van der Waals surface area contributed by atoms with Crippen molar-refractivity contribution < 1.29 is 30.7 Å². The summed E-state index contributed by atoms with van der Waals surface area (Å²) in [5, 5.41) is 0. The van der Waals surface area contributed by atoms with Crippen LogP contribution in [0.4, 0.5) is 0 Å². The third-order valence-electron chi connectivity index (χ3n) is 3.43. The minimum absolute atomic E-state index is 0.173. The quantitative estimate of drug-likeness (QED) is 0.510. The molecule has 0 aliphatic carbocycles. The van der Waals surface area contributed by atoms with Crippen LogP contribution in [0.1, 0.15) is 30.9 Å². The van der Waals surface area contributed by atoms with Crippen LogP contribution in [0.3, 0.4) is 0 Å². The summed E-state index contributed by atoms with van der Waals surface area (Å²) in [5.74, 6) is 1.92. The van der Waals surface area contributed by atoms with Crippen molar-refractivity contribution in [2.75, 3.05) is 13.7 Å². The Bertz CT molecular complexity index is 582. The zero-order valence-electron chi connectivity index (χ0n) is 13.8. The van der Waals surface area contributed by atoms with E-state index in [0.717, 1.165) is 24.5 Å². The molecule has 2 aromatic carbocycles. The Morgan fingerprint density at radius 2 is 1.59 bits per heavy atom. The van der Waals surface area contributed by atoms with Crippen molar-refractivity contribution in [3.63, 3.8) is 0 Å². The molecule has 0 spiro atoms.